The summed E-state index contributed by atoms with van der Waals surface area (Å²) < 4.78 is 8.93. The minimum atomic E-state index is -0.261. The Labute approximate surface area is 226 Å². The van der Waals surface area contributed by atoms with Crippen molar-refractivity contribution in [2.45, 2.75) is 33.0 Å². The van der Waals surface area contributed by atoms with Gasteiger partial charge >= 0.3 is 11.6 Å². The van der Waals surface area contributed by atoms with E-state index in [2.05, 4.69) is 27.1 Å². The van der Waals surface area contributed by atoms with Crippen LogP contribution in [-0.4, -0.2) is 50.4 Å². The molecule has 2 aromatic carbocycles. The van der Waals surface area contributed by atoms with Crippen LogP contribution in [0.5, 0.6) is 0 Å². The molecular weight excluding hydrogens is 490 g/mol. The first kappa shape index (κ1) is 25.0. The Morgan fingerprint density at radius 2 is 1.69 bits per heavy atom. The van der Waals surface area contributed by atoms with Crippen molar-refractivity contribution in [3.63, 3.8) is 0 Å². The second-order valence-corrected chi connectivity index (χ2v) is 10.1. The molecule has 0 unspecified atom stereocenters. The molecule has 1 aliphatic rings. The molecule has 1 saturated heterocycles. The number of benzene rings is 2. The summed E-state index contributed by atoms with van der Waals surface area (Å²) in [6.45, 7) is 7.16. The number of nitrogens with zero attached hydrogens (tertiary/aromatic N) is 5. The number of nitrogens with one attached hydrogen (secondary N) is 1. The zero-order valence-electron chi connectivity index (χ0n) is 22.2. The zero-order chi connectivity index (χ0) is 26.9. The van der Waals surface area contributed by atoms with Crippen molar-refractivity contribution in [3.8, 4) is 22.4 Å². The maximum absolute atomic E-state index is 13.8. The molecule has 198 valence electrons. The third kappa shape index (κ3) is 4.94. The van der Waals surface area contributed by atoms with Gasteiger partial charge in [-0.05, 0) is 37.1 Å². The largest absolute Gasteiger partial charge is 0.428 e. The Bertz CT molecular complexity index is 1660. The average molecular weight is 523 g/mol. The number of hydrogen-bond acceptors (Lipinski definition) is 6. The van der Waals surface area contributed by atoms with Crippen molar-refractivity contribution in [2.24, 2.45) is 0 Å². The lowest BCUT2D eigenvalue weighted by Gasteiger charge is -2.34. The number of rotatable bonds is 6. The van der Waals surface area contributed by atoms with E-state index in [0.717, 1.165) is 41.2 Å². The fraction of sp³-hybridized carbons (Fsp3) is 0.267. The lowest BCUT2D eigenvalue weighted by atomic mass is 9.99. The second kappa shape index (κ2) is 10.4. The van der Waals surface area contributed by atoms with E-state index in [4.69, 9.17) is 15.5 Å². The number of anilines is 1. The van der Waals surface area contributed by atoms with Gasteiger partial charge in [0.2, 0.25) is 5.65 Å². The number of nitrogens with two attached hydrogens (primary N) is 1. The van der Waals surface area contributed by atoms with E-state index in [0.29, 0.717) is 31.1 Å². The molecule has 3 aromatic heterocycles. The Balaban J connectivity index is 1.48. The van der Waals surface area contributed by atoms with Crippen LogP contribution in [0.25, 0.3) is 28.0 Å². The van der Waals surface area contributed by atoms with E-state index in [1.165, 1.54) is 9.96 Å². The van der Waals surface area contributed by atoms with Crippen molar-refractivity contribution >= 4 is 11.6 Å². The van der Waals surface area contributed by atoms with Crippen LogP contribution in [0.15, 0.2) is 77.6 Å². The molecule has 9 heteroatoms. The lowest BCUT2D eigenvalue weighted by molar-refractivity contribution is -0.516. The highest BCUT2D eigenvalue weighted by Gasteiger charge is 2.30. The van der Waals surface area contributed by atoms with Gasteiger partial charge in [0.15, 0.2) is 0 Å². The fourth-order valence-electron chi connectivity index (χ4n) is 5.43. The van der Waals surface area contributed by atoms with E-state index in [9.17, 15) is 4.79 Å². The smallest absolute Gasteiger partial charge is 0.378 e. The SMILES string of the molecule is Cc1cc(-c2c(-c3ccccc3)nc(N)[n+]3c(=O)n(C[C@@H]4COCCN4Cc4ccccc4)[nH]c23)cc(C)n1. The third-order valence-corrected chi connectivity index (χ3v) is 7.20. The normalized spacial score (nSPS) is 16.1. The summed E-state index contributed by atoms with van der Waals surface area (Å²) in [5.74, 6) is 0.135. The number of aromatic amines is 1. The van der Waals surface area contributed by atoms with Gasteiger partial charge in [0.25, 0.3) is 0 Å². The quantitative estimate of drug-likeness (QED) is 0.332. The highest BCUT2D eigenvalue weighted by Crippen LogP contribution is 2.33. The lowest BCUT2D eigenvalue weighted by Crippen LogP contribution is -2.50. The minimum absolute atomic E-state index is 0.0157. The van der Waals surface area contributed by atoms with Crippen LogP contribution in [0.2, 0.25) is 0 Å². The van der Waals surface area contributed by atoms with Crippen LogP contribution in [0.1, 0.15) is 17.0 Å². The van der Waals surface area contributed by atoms with E-state index < -0.39 is 0 Å². The van der Waals surface area contributed by atoms with E-state index in [1.54, 1.807) is 4.68 Å². The summed E-state index contributed by atoms with van der Waals surface area (Å²) in [6, 6.07) is 24.3. The van der Waals surface area contributed by atoms with Gasteiger partial charge in [-0.25, -0.2) is 9.89 Å². The summed E-state index contributed by atoms with van der Waals surface area (Å²) >= 11 is 0. The third-order valence-electron chi connectivity index (χ3n) is 7.20. The van der Waals surface area contributed by atoms with E-state index in [-0.39, 0.29) is 17.7 Å². The Hall–Kier alpha value is -4.34. The molecule has 1 fully saturated rings. The molecular formula is C30H32N7O2+. The fourth-order valence-corrected chi connectivity index (χ4v) is 5.43. The molecule has 3 N–H and O–H groups in total. The van der Waals surface area contributed by atoms with Gasteiger partial charge in [0, 0.05) is 30.0 Å². The average Bonchev–Trinajstić information content (AvgIpc) is 3.26. The molecule has 0 aliphatic carbocycles. The molecule has 0 bridgehead atoms. The number of ether oxygens (including phenoxy) is 1. The number of hydrogen-bond donors (Lipinski definition) is 2. The molecule has 0 spiro atoms. The Morgan fingerprint density at radius 3 is 2.41 bits per heavy atom. The van der Waals surface area contributed by atoms with Crippen LogP contribution in [0, 0.1) is 13.8 Å². The first-order chi connectivity index (χ1) is 19.0. The molecule has 4 heterocycles. The molecule has 5 aromatic rings. The topological polar surface area (TPSA) is 106 Å². The molecule has 0 radical (unpaired) electrons. The summed E-state index contributed by atoms with van der Waals surface area (Å²) in [4.78, 5) is 25.4. The number of aromatic nitrogens is 5. The van der Waals surface area contributed by atoms with Crippen LogP contribution in [0.3, 0.4) is 0 Å². The molecule has 1 aliphatic heterocycles. The van der Waals surface area contributed by atoms with Gasteiger partial charge in [-0.15, -0.1) is 9.38 Å². The van der Waals surface area contributed by atoms with Gasteiger partial charge < -0.3 is 10.5 Å². The summed E-state index contributed by atoms with van der Waals surface area (Å²) in [7, 11) is 0. The summed E-state index contributed by atoms with van der Waals surface area (Å²) in [5.41, 5.74) is 13.1. The monoisotopic (exact) mass is 522 g/mol. The number of H-pyrrole nitrogens is 1. The molecule has 0 saturated carbocycles. The predicted molar refractivity (Wildman–Crippen MR) is 150 cm³/mol. The maximum Gasteiger partial charge on any atom is 0.428 e. The van der Waals surface area contributed by atoms with Crippen molar-refractivity contribution in [2.75, 3.05) is 25.5 Å². The molecule has 6 rings (SSSR count). The van der Waals surface area contributed by atoms with E-state index >= 15 is 0 Å². The predicted octanol–water partition coefficient (Wildman–Crippen LogP) is 3.14. The Morgan fingerprint density at radius 1 is 1.00 bits per heavy atom. The number of aryl methyl sites for hydroxylation is 2. The standard InChI is InChI=1S/C30H31N7O2/c1-20-15-24(16-21(2)32-20)26-27(23-11-7-4-8-12-23)33-29(31)37-28(26)34-36(30(37)38)18-25-19-39-14-13-35(25)17-22-9-5-3-6-10-22/h3-12,15-16,25H,13-14,17-19H2,1-2H3,(H2,31,32,33,34)/p+1/t25-/m1/s1. The first-order valence-corrected chi connectivity index (χ1v) is 13.2. The van der Waals surface area contributed by atoms with Crippen molar-refractivity contribution in [3.05, 3.63) is 100 Å². The highest BCUT2D eigenvalue weighted by molar-refractivity contribution is 5.88. The van der Waals surface area contributed by atoms with Gasteiger partial charge in [0.05, 0.1) is 31.4 Å². The van der Waals surface area contributed by atoms with Crippen LogP contribution in [0.4, 0.5) is 5.95 Å². The van der Waals surface area contributed by atoms with E-state index in [1.807, 2.05) is 74.5 Å². The second-order valence-electron chi connectivity index (χ2n) is 10.1. The van der Waals surface area contributed by atoms with Crippen molar-refractivity contribution in [1.82, 2.24) is 24.6 Å². The van der Waals surface area contributed by atoms with Gasteiger partial charge in [-0.1, -0.05) is 60.7 Å². The van der Waals surface area contributed by atoms with Crippen molar-refractivity contribution < 1.29 is 9.14 Å². The molecule has 0 amide bonds. The Kier molecular flexibility index (Phi) is 6.68. The van der Waals surface area contributed by atoms with Gasteiger partial charge in [-0.3, -0.25) is 9.88 Å². The number of nitrogen functional groups attached to an aromatic ring is 1. The number of fused-ring (bicyclic) bond motifs is 1. The highest BCUT2D eigenvalue weighted by atomic mass is 16.5. The molecule has 9 nitrogen and oxygen atoms in total. The number of pyridine rings is 1. The van der Waals surface area contributed by atoms with Gasteiger partial charge in [-0.2, -0.15) is 4.68 Å². The maximum atomic E-state index is 13.8. The molecule has 1 atom stereocenters. The number of morpholine rings is 1. The summed E-state index contributed by atoms with van der Waals surface area (Å²) in [5, 5.41) is 3.40. The zero-order valence-corrected chi connectivity index (χ0v) is 22.2. The minimum Gasteiger partial charge on any atom is -0.378 e. The van der Waals surface area contributed by atoms with Crippen LogP contribution >= 0.6 is 0 Å². The van der Waals surface area contributed by atoms with Gasteiger partial charge in [0.1, 0.15) is 5.69 Å². The summed E-state index contributed by atoms with van der Waals surface area (Å²) in [6.07, 6.45) is 0. The van der Waals surface area contributed by atoms with Crippen LogP contribution < -0.4 is 15.8 Å². The molecule has 39 heavy (non-hydrogen) atoms. The van der Waals surface area contributed by atoms with Crippen LogP contribution in [-0.2, 0) is 17.8 Å². The van der Waals surface area contributed by atoms with Crippen molar-refractivity contribution in [1.29, 1.82) is 0 Å². The first-order valence-electron chi connectivity index (χ1n) is 13.2.